The Morgan fingerprint density at radius 1 is 1.00 bits per heavy atom. The van der Waals surface area contributed by atoms with Gasteiger partial charge in [0.1, 0.15) is 6.04 Å². The minimum absolute atomic E-state index is 0.0675. The Labute approximate surface area is 148 Å². The van der Waals surface area contributed by atoms with Crippen LogP contribution in [-0.2, 0) is 4.79 Å². The summed E-state index contributed by atoms with van der Waals surface area (Å²) in [7, 11) is 0. The largest absolute Gasteiger partial charge is 0.459 e. The van der Waals surface area contributed by atoms with E-state index in [1.165, 1.54) is 6.26 Å². The van der Waals surface area contributed by atoms with E-state index < -0.39 is 0 Å². The van der Waals surface area contributed by atoms with Crippen LogP contribution in [0, 0.1) is 0 Å². The van der Waals surface area contributed by atoms with E-state index in [0.717, 1.165) is 18.7 Å². The van der Waals surface area contributed by atoms with Gasteiger partial charge in [0.25, 0.3) is 5.91 Å². The van der Waals surface area contributed by atoms with E-state index in [0.29, 0.717) is 13.1 Å². The summed E-state index contributed by atoms with van der Waals surface area (Å²) in [4.78, 5) is 26.6. The summed E-state index contributed by atoms with van der Waals surface area (Å²) in [5, 5.41) is 5.62. The number of nitrogens with one attached hydrogen (secondary N) is 2. The van der Waals surface area contributed by atoms with Gasteiger partial charge in [-0.25, -0.2) is 0 Å². The van der Waals surface area contributed by atoms with Crippen LogP contribution in [0.25, 0.3) is 0 Å². The zero-order chi connectivity index (χ0) is 18.1. The van der Waals surface area contributed by atoms with Crippen LogP contribution in [0.4, 0.5) is 0 Å². The smallest absolute Gasteiger partial charge is 0.287 e. The number of amides is 2. The molecule has 1 aromatic heterocycles. The third kappa shape index (κ3) is 5.19. The molecule has 2 aromatic rings. The average Bonchev–Trinajstić information content (AvgIpc) is 3.18. The van der Waals surface area contributed by atoms with Gasteiger partial charge in [-0.3, -0.25) is 14.5 Å². The van der Waals surface area contributed by atoms with Crippen LogP contribution < -0.4 is 10.6 Å². The molecule has 0 radical (unpaired) electrons. The Morgan fingerprint density at radius 2 is 1.68 bits per heavy atom. The third-order valence-electron chi connectivity index (χ3n) is 4.00. The molecule has 1 aromatic carbocycles. The number of likely N-dealkylation sites (N-methyl/N-ethyl adjacent to an activating group) is 1. The molecular weight excluding hydrogens is 318 g/mol. The van der Waals surface area contributed by atoms with Crippen LogP contribution >= 0.6 is 0 Å². The molecular formula is C19H25N3O3. The van der Waals surface area contributed by atoms with Crippen molar-refractivity contribution in [3.8, 4) is 0 Å². The fourth-order valence-electron chi connectivity index (χ4n) is 2.71. The monoisotopic (exact) mass is 343 g/mol. The van der Waals surface area contributed by atoms with E-state index in [4.69, 9.17) is 4.42 Å². The zero-order valence-corrected chi connectivity index (χ0v) is 14.7. The van der Waals surface area contributed by atoms with Gasteiger partial charge < -0.3 is 15.1 Å². The van der Waals surface area contributed by atoms with Crippen molar-refractivity contribution >= 4 is 11.8 Å². The van der Waals surface area contributed by atoms with Crippen molar-refractivity contribution < 1.29 is 14.0 Å². The molecule has 2 amide bonds. The quantitative estimate of drug-likeness (QED) is 0.685. The Hall–Kier alpha value is -2.60. The number of hydrogen-bond donors (Lipinski definition) is 2. The fraction of sp³-hybridized carbons (Fsp3) is 0.368. The van der Waals surface area contributed by atoms with E-state index >= 15 is 0 Å². The molecule has 0 fully saturated rings. The molecule has 1 unspecified atom stereocenters. The van der Waals surface area contributed by atoms with E-state index in [1.54, 1.807) is 12.1 Å². The van der Waals surface area contributed by atoms with Crippen molar-refractivity contribution in [3.63, 3.8) is 0 Å². The normalized spacial score (nSPS) is 12.0. The molecule has 0 aliphatic carbocycles. The highest BCUT2D eigenvalue weighted by Crippen LogP contribution is 2.20. The topological polar surface area (TPSA) is 74.6 Å². The number of benzene rings is 1. The van der Waals surface area contributed by atoms with E-state index in [9.17, 15) is 9.59 Å². The molecule has 6 nitrogen and oxygen atoms in total. The van der Waals surface area contributed by atoms with Gasteiger partial charge in [0, 0.05) is 13.1 Å². The molecule has 1 heterocycles. The molecule has 6 heteroatoms. The first kappa shape index (κ1) is 18.7. The summed E-state index contributed by atoms with van der Waals surface area (Å²) in [6.45, 7) is 6.32. The Bertz CT molecular complexity index is 652. The molecule has 1 atom stereocenters. The third-order valence-corrected chi connectivity index (χ3v) is 4.00. The summed E-state index contributed by atoms with van der Waals surface area (Å²) in [5.41, 5.74) is 0.961. The fourth-order valence-corrected chi connectivity index (χ4v) is 2.71. The minimum Gasteiger partial charge on any atom is -0.459 e. The van der Waals surface area contributed by atoms with Gasteiger partial charge in [-0.2, -0.15) is 0 Å². The average molecular weight is 343 g/mol. The number of furan rings is 1. The second-order valence-corrected chi connectivity index (χ2v) is 5.56. The molecule has 0 saturated heterocycles. The molecule has 25 heavy (non-hydrogen) atoms. The van der Waals surface area contributed by atoms with Crippen molar-refractivity contribution in [1.82, 2.24) is 15.5 Å². The van der Waals surface area contributed by atoms with Gasteiger partial charge >= 0.3 is 0 Å². The van der Waals surface area contributed by atoms with Crippen molar-refractivity contribution in [3.05, 3.63) is 60.1 Å². The summed E-state index contributed by atoms with van der Waals surface area (Å²) in [6, 6.07) is 12.6. The predicted molar refractivity (Wildman–Crippen MR) is 96.2 cm³/mol. The first-order chi connectivity index (χ1) is 12.2. The number of nitrogens with zero attached hydrogens (tertiary/aromatic N) is 1. The maximum Gasteiger partial charge on any atom is 0.287 e. The highest BCUT2D eigenvalue weighted by Gasteiger charge is 2.25. The summed E-state index contributed by atoms with van der Waals surface area (Å²) in [6.07, 6.45) is 1.45. The second kappa shape index (κ2) is 9.64. The highest BCUT2D eigenvalue weighted by atomic mass is 16.3. The molecule has 134 valence electrons. The molecule has 0 aliphatic rings. The number of rotatable bonds is 9. The lowest BCUT2D eigenvalue weighted by Gasteiger charge is -2.29. The standard InChI is InChI=1S/C19H25N3O3/c1-3-22(4-2)17(15-9-6-5-7-10-15)19(24)21-13-12-20-18(23)16-11-8-14-25-16/h5-11,14,17H,3-4,12-13H2,1-2H3,(H,20,23)(H,21,24). The van der Waals surface area contributed by atoms with E-state index in [2.05, 4.69) is 15.5 Å². The van der Waals surface area contributed by atoms with Crippen molar-refractivity contribution in [2.45, 2.75) is 19.9 Å². The lowest BCUT2D eigenvalue weighted by Crippen LogP contribution is -2.43. The highest BCUT2D eigenvalue weighted by molar-refractivity contribution is 5.91. The summed E-state index contributed by atoms with van der Waals surface area (Å²) >= 11 is 0. The Morgan fingerprint density at radius 3 is 2.28 bits per heavy atom. The van der Waals surface area contributed by atoms with Gasteiger partial charge in [-0.15, -0.1) is 0 Å². The predicted octanol–water partition coefficient (Wildman–Crippen LogP) is 2.21. The van der Waals surface area contributed by atoms with E-state index in [-0.39, 0.29) is 23.6 Å². The summed E-state index contributed by atoms with van der Waals surface area (Å²) < 4.78 is 5.02. The van der Waals surface area contributed by atoms with Crippen LogP contribution in [0.2, 0.25) is 0 Å². The molecule has 0 spiro atoms. The maximum atomic E-state index is 12.7. The number of carbonyl (C=O) groups is 2. The van der Waals surface area contributed by atoms with Crippen molar-refractivity contribution in [1.29, 1.82) is 0 Å². The number of hydrogen-bond acceptors (Lipinski definition) is 4. The van der Waals surface area contributed by atoms with Crippen LogP contribution in [0.5, 0.6) is 0 Å². The SMILES string of the molecule is CCN(CC)C(C(=O)NCCNC(=O)c1ccco1)c1ccccc1. The van der Waals surface area contributed by atoms with Crippen LogP contribution in [0.1, 0.15) is 36.0 Å². The van der Waals surface area contributed by atoms with Gasteiger partial charge in [0.15, 0.2) is 5.76 Å². The molecule has 2 rings (SSSR count). The van der Waals surface area contributed by atoms with Crippen LogP contribution in [-0.4, -0.2) is 42.9 Å². The van der Waals surface area contributed by atoms with E-state index in [1.807, 2.05) is 44.2 Å². The first-order valence-corrected chi connectivity index (χ1v) is 8.55. The van der Waals surface area contributed by atoms with Gasteiger partial charge in [-0.1, -0.05) is 44.2 Å². The van der Waals surface area contributed by atoms with Gasteiger partial charge in [0.05, 0.1) is 6.26 Å². The number of carbonyl (C=O) groups excluding carboxylic acids is 2. The second-order valence-electron chi connectivity index (χ2n) is 5.56. The lowest BCUT2D eigenvalue weighted by molar-refractivity contribution is -0.126. The van der Waals surface area contributed by atoms with Crippen molar-refractivity contribution in [2.75, 3.05) is 26.2 Å². The lowest BCUT2D eigenvalue weighted by atomic mass is 10.0. The van der Waals surface area contributed by atoms with Crippen LogP contribution in [0.3, 0.4) is 0 Å². The maximum absolute atomic E-state index is 12.7. The Kier molecular flexibility index (Phi) is 7.22. The van der Waals surface area contributed by atoms with Crippen molar-refractivity contribution in [2.24, 2.45) is 0 Å². The summed E-state index contributed by atoms with van der Waals surface area (Å²) in [5.74, 6) is -0.0959. The molecule has 0 saturated carbocycles. The van der Waals surface area contributed by atoms with Crippen LogP contribution in [0.15, 0.2) is 53.1 Å². The molecule has 2 N–H and O–H groups in total. The first-order valence-electron chi connectivity index (χ1n) is 8.55. The van der Waals surface area contributed by atoms with Gasteiger partial charge in [-0.05, 0) is 30.8 Å². The van der Waals surface area contributed by atoms with Gasteiger partial charge in [0.2, 0.25) is 5.91 Å². The zero-order valence-electron chi connectivity index (χ0n) is 14.7. The molecule has 0 bridgehead atoms. The molecule has 0 aliphatic heterocycles. The minimum atomic E-state index is -0.336. The Balaban J connectivity index is 1.90.